The van der Waals surface area contributed by atoms with Gasteiger partial charge < -0.3 is 20.3 Å². The quantitative estimate of drug-likeness (QED) is 0.0320. The molecule has 0 aromatic rings. The van der Waals surface area contributed by atoms with Crippen LogP contribution in [0.3, 0.4) is 0 Å². The van der Waals surface area contributed by atoms with E-state index in [1.54, 1.807) is 0 Å². The molecule has 6 heteroatoms. The molecule has 76 heavy (non-hydrogen) atoms. The number of hydrogen-bond donors (Lipinski definition) is 3. The molecule has 0 aliphatic heterocycles. The van der Waals surface area contributed by atoms with E-state index in [2.05, 4.69) is 43.5 Å². The first-order chi connectivity index (χ1) is 37.5. The zero-order valence-electron chi connectivity index (χ0n) is 51.5. The highest BCUT2D eigenvalue weighted by atomic mass is 16.5. The number of carbonyl (C=O) groups is 2. The number of amides is 1. The Bertz CT molecular complexity index is 1190. The molecule has 0 rings (SSSR count). The van der Waals surface area contributed by atoms with Crippen LogP contribution in [0.5, 0.6) is 0 Å². The van der Waals surface area contributed by atoms with Crippen LogP contribution < -0.4 is 5.32 Å². The molecule has 1 amide bonds. The molecule has 6 nitrogen and oxygen atoms in total. The Hall–Kier alpha value is -1.66. The highest BCUT2D eigenvalue weighted by Crippen LogP contribution is 2.18. The lowest BCUT2D eigenvalue weighted by molar-refractivity contribution is -0.143. The van der Waals surface area contributed by atoms with Crippen molar-refractivity contribution < 1.29 is 24.5 Å². The zero-order valence-corrected chi connectivity index (χ0v) is 51.5. The van der Waals surface area contributed by atoms with Crippen LogP contribution in [-0.4, -0.2) is 47.4 Å². The van der Waals surface area contributed by atoms with Crippen molar-refractivity contribution in [3.8, 4) is 0 Å². The molecule has 0 aromatic carbocycles. The van der Waals surface area contributed by atoms with Crippen LogP contribution in [0.25, 0.3) is 0 Å². The third-order valence-corrected chi connectivity index (χ3v) is 16.2. The summed E-state index contributed by atoms with van der Waals surface area (Å²) in [6.07, 6.45) is 82.4. The maximum atomic E-state index is 12.4. The van der Waals surface area contributed by atoms with Gasteiger partial charge in [0.05, 0.1) is 25.4 Å². The largest absolute Gasteiger partial charge is 0.466 e. The lowest BCUT2D eigenvalue weighted by Gasteiger charge is -2.22. The first kappa shape index (κ1) is 74.3. The standard InChI is InChI=1S/C70H135NO5/c1-3-5-7-9-11-13-15-16-17-18-35-38-41-44-48-52-56-60-64-70(75)76-65-61-57-53-49-45-42-39-36-33-31-29-27-25-23-21-19-20-22-24-26-28-30-32-34-37-40-43-47-51-55-59-63-69(74)71-67(66-72)68(73)62-58-54-50-46-14-12-10-8-6-4-2/h17-18,21,23,67-68,72-73H,3-16,19-20,22,24-66H2,1-2H3,(H,71,74)/b18-17-,23-21-. The van der Waals surface area contributed by atoms with Gasteiger partial charge in [-0.1, -0.05) is 321 Å². The molecular weight excluding hydrogens is 935 g/mol. The zero-order chi connectivity index (χ0) is 55.0. The minimum atomic E-state index is -0.660. The van der Waals surface area contributed by atoms with Crippen molar-refractivity contribution in [1.82, 2.24) is 5.32 Å². The van der Waals surface area contributed by atoms with Gasteiger partial charge in [0.15, 0.2) is 0 Å². The number of rotatable bonds is 65. The monoisotopic (exact) mass is 1070 g/mol. The van der Waals surface area contributed by atoms with Crippen molar-refractivity contribution in [2.45, 2.75) is 398 Å². The van der Waals surface area contributed by atoms with Crippen LogP contribution in [0.4, 0.5) is 0 Å². The lowest BCUT2D eigenvalue weighted by atomic mass is 10.0. The summed E-state index contributed by atoms with van der Waals surface area (Å²) in [5.41, 5.74) is 0. The molecule has 0 aliphatic carbocycles. The summed E-state index contributed by atoms with van der Waals surface area (Å²) < 4.78 is 5.50. The van der Waals surface area contributed by atoms with Gasteiger partial charge in [-0.25, -0.2) is 0 Å². The molecule has 0 fully saturated rings. The van der Waals surface area contributed by atoms with E-state index in [1.165, 1.54) is 308 Å². The van der Waals surface area contributed by atoms with Crippen LogP contribution in [0, 0.1) is 0 Å². The minimum absolute atomic E-state index is 0.0153. The highest BCUT2D eigenvalue weighted by Gasteiger charge is 2.20. The summed E-state index contributed by atoms with van der Waals surface area (Å²) in [6, 6.07) is -0.538. The Morgan fingerprint density at radius 2 is 0.618 bits per heavy atom. The van der Waals surface area contributed by atoms with Crippen LogP contribution in [-0.2, 0) is 14.3 Å². The Balaban J connectivity index is 3.32. The number of ether oxygens (including phenoxy) is 1. The molecule has 0 saturated carbocycles. The number of allylic oxidation sites excluding steroid dienone is 4. The summed E-state index contributed by atoms with van der Waals surface area (Å²) in [7, 11) is 0. The van der Waals surface area contributed by atoms with E-state index in [-0.39, 0.29) is 18.5 Å². The SMILES string of the molecule is CCCCCCCCC/C=C\CCCCCCCCCC(=O)OCCCCCCCCCCCCCC/C=C\CCCCCCCCCCCCCCCCCC(=O)NC(CO)C(O)CCCCCCCCCCCC. The molecule has 2 unspecified atom stereocenters. The number of hydrogen-bond acceptors (Lipinski definition) is 5. The highest BCUT2D eigenvalue weighted by molar-refractivity contribution is 5.76. The maximum Gasteiger partial charge on any atom is 0.305 e. The van der Waals surface area contributed by atoms with Gasteiger partial charge in [-0.05, 0) is 77.0 Å². The van der Waals surface area contributed by atoms with Gasteiger partial charge in [0.25, 0.3) is 0 Å². The van der Waals surface area contributed by atoms with Gasteiger partial charge in [0, 0.05) is 12.8 Å². The molecule has 3 N–H and O–H groups in total. The summed E-state index contributed by atoms with van der Waals surface area (Å²) in [5, 5.41) is 23.2. The van der Waals surface area contributed by atoms with Gasteiger partial charge >= 0.3 is 5.97 Å². The second-order valence-corrected chi connectivity index (χ2v) is 23.9. The van der Waals surface area contributed by atoms with Crippen LogP contribution in [0.2, 0.25) is 0 Å². The molecular formula is C70H135NO5. The molecule has 0 aliphatic rings. The van der Waals surface area contributed by atoms with Gasteiger partial charge in [0.1, 0.15) is 0 Å². The van der Waals surface area contributed by atoms with E-state index >= 15 is 0 Å². The third kappa shape index (κ3) is 61.6. The first-order valence-corrected chi connectivity index (χ1v) is 34.6. The Labute approximate surface area is 475 Å². The molecule has 0 bridgehead atoms. The van der Waals surface area contributed by atoms with Crippen molar-refractivity contribution >= 4 is 11.9 Å². The number of esters is 1. The maximum absolute atomic E-state index is 12.4. The Morgan fingerprint density at radius 3 is 0.934 bits per heavy atom. The van der Waals surface area contributed by atoms with E-state index in [0.29, 0.717) is 25.9 Å². The topological polar surface area (TPSA) is 95.9 Å². The summed E-state index contributed by atoms with van der Waals surface area (Å²) >= 11 is 0. The van der Waals surface area contributed by atoms with Crippen molar-refractivity contribution in [2.24, 2.45) is 0 Å². The average molecular weight is 1070 g/mol. The minimum Gasteiger partial charge on any atom is -0.466 e. The van der Waals surface area contributed by atoms with E-state index in [1.807, 2.05) is 0 Å². The van der Waals surface area contributed by atoms with Gasteiger partial charge in [-0.15, -0.1) is 0 Å². The number of aliphatic hydroxyl groups is 2. The Kier molecular flexibility index (Phi) is 64.4. The number of unbranched alkanes of at least 4 members (excludes halogenated alkanes) is 50. The number of nitrogens with one attached hydrogen (secondary N) is 1. The molecule has 0 radical (unpaired) electrons. The normalized spacial score (nSPS) is 12.6. The van der Waals surface area contributed by atoms with E-state index in [4.69, 9.17) is 4.74 Å². The van der Waals surface area contributed by atoms with Crippen molar-refractivity contribution in [1.29, 1.82) is 0 Å². The van der Waals surface area contributed by atoms with E-state index < -0.39 is 12.1 Å². The fourth-order valence-electron chi connectivity index (χ4n) is 10.9. The summed E-state index contributed by atoms with van der Waals surface area (Å²) in [6.45, 7) is 4.96. The second-order valence-electron chi connectivity index (χ2n) is 23.9. The van der Waals surface area contributed by atoms with Crippen LogP contribution >= 0.6 is 0 Å². The number of aliphatic hydroxyl groups excluding tert-OH is 2. The predicted octanol–water partition coefficient (Wildman–Crippen LogP) is 22.1. The third-order valence-electron chi connectivity index (χ3n) is 16.2. The summed E-state index contributed by atoms with van der Waals surface area (Å²) in [5.74, 6) is -0.0176. The molecule has 0 heterocycles. The fourth-order valence-corrected chi connectivity index (χ4v) is 10.9. The Morgan fingerprint density at radius 1 is 0.355 bits per heavy atom. The fraction of sp³-hybridized carbons (Fsp3) is 0.914. The van der Waals surface area contributed by atoms with Crippen molar-refractivity contribution in [3.05, 3.63) is 24.3 Å². The summed E-state index contributed by atoms with van der Waals surface area (Å²) in [4.78, 5) is 24.5. The van der Waals surface area contributed by atoms with Crippen molar-refractivity contribution in [2.75, 3.05) is 13.2 Å². The van der Waals surface area contributed by atoms with E-state index in [0.717, 1.165) is 44.9 Å². The smallest absolute Gasteiger partial charge is 0.305 e. The average Bonchev–Trinajstić information content (AvgIpc) is 3.42. The van der Waals surface area contributed by atoms with Gasteiger partial charge in [-0.3, -0.25) is 9.59 Å². The van der Waals surface area contributed by atoms with Gasteiger partial charge in [0.2, 0.25) is 5.91 Å². The second kappa shape index (κ2) is 65.9. The predicted molar refractivity (Wildman–Crippen MR) is 333 cm³/mol. The van der Waals surface area contributed by atoms with Gasteiger partial charge in [-0.2, -0.15) is 0 Å². The molecule has 0 aromatic heterocycles. The van der Waals surface area contributed by atoms with Crippen LogP contribution in [0.1, 0.15) is 386 Å². The number of carbonyl (C=O) groups excluding carboxylic acids is 2. The first-order valence-electron chi connectivity index (χ1n) is 34.6. The molecule has 0 spiro atoms. The lowest BCUT2D eigenvalue weighted by Crippen LogP contribution is -2.45. The molecule has 0 saturated heterocycles. The van der Waals surface area contributed by atoms with E-state index in [9.17, 15) is 19.8 Å². The van der Waals surface area contributed by atoms with Crippen LogP contribution in [0.15, 0.2) is 24.3 Å². The molecule has 2 atom stereocenters. The van der Waals surface area contributed by atoms with Crippen molar-refractivity contribution in [3.63, 3.8) is 0 Å². The molecule has 450 valence electrons.